The predicted molar refractivity (Wildman–Crippen MR) is 119 cm³/mol. The molecule has 0 aliphatic heterocycles. The Labute approximate surface area is 183 Å². The molecule has 0 aromatic heterocycles. The van der Waals surface area contributed by atoms with Gasteiger partial charge in [-0.3, -0.25) is 14.4 Å². The Balaban J connectivity index is 5.11. The van der Waals surface area contributed by atoms with Gasteiger partial charge in [0.05, 0.1) is 6.04 Å². The molecule has 174 valence electrons. The molecule has 0 radical (unpaired) electrons. The van der Waals surface area contributed by atoms with E-state index < -0.39 is 47.9 Å². The van der Waals surface area contributed by atoms with Gasteiger partial charge in [-0.25, -0.2) is 4.79 Å². The second-order valence-corrected chi connectivity index (χ2v) is 8.69. The molecule has 0 heterocycles. The molecular weight excluding hydrogens is 408 g/mol. The highest BCUT2D eigenvalue weighted by Crippen LogP contribution is 2.11. The minimum Gasteiger partial charge on any atom is -0.480 e. The summed E-state index contributed by atoms with van der Waals surface area (Å²) in [7, 11) is 0. The molecule has 0 spiro atoms. The predicted octanol–water partition coefficient (Wildman–Crippen LogP) is 0.718. The van der Waals surface area contributed by atoms with Crippen molar-refractivity contribution in [2.24, 2.45) is 17.6 Å². The topological polar surface area (TPSA) is 151 Å². The average molecular weight is 447 g/mol. The SMILES string of the molecule is CCC(C)C(NC(=O)C(C)NC(=O)C(NC(=O)C(N)CCSC)C(C)CC)C(=O)O. The summed E-state index contributed by atoms with van der Waals surface area (Å²) in [5.74, 6) is -2.35. The fourth-order valence-electron chi connectivity index (χ4n) is 2.67. The molecule has 6 atom stereocenters. The van der Waals surface area contributed by atoms with E-state index in [-0.39, 0.29) is 11.8 Å². The van der Waals surface area contributed by atoms with Gasteiger partial charge in [0, 0.05) is 0 Å². The van der Waals surface area contributed by atoms with Crippen LogP contribution in [0.25, 0.3) is 0 Å². The van der Waals surface area contributed by atoms with Gasteiger partial charge in [0.2, 0.25) is 17.7 Å². The lowest BCUT2D eigenvalue weighted by Gasteiger charge is -2.27. The van der Waals surface area contributed by atoms with E-state index in [4.69, 9.17) is 5.73 Å². The van der Waals surface area contributed by atoms with Crippen LogP contribution in [0.5, 0.6) is 0 Å². The third-order valence-corrected chi connectivity index (χ3v) is 5.94. The summed E-state index contributed by atoms with van der Waals surface area (Å²) >= 11 is 1.58. The molecule has 0 rings (SSSR count). The van der Waals surface area contributed by atoms with Gasteiger partial charge >= 0.3 is 5.97 Å². The molecule has 0 saturated heterocycles. The first kappa shape index (κ1) is 28.2. The van der Waals surface area contributed by atoms with Crippen LogP contribution in [0, 0.1) is 11.8 Å². The van der Waals surface area contributed by atoms with Crippen molar-refractivity contribution in [2.45, 2.75) is 78.0 Å². The molecule has 0 fully saturated rings. The van der Waals surface area contributed by atoms with Gasteiger partial charge in [-0.1, -0.05) is 40.5 Å². The molecule has 0 aliphatic carbocycles. The highest BCUT2D eigenvalue weighted by molar-refractivity contribution is 7.98. The monoisotopic (exact) mass is 446 g/mol. The maximum Gasteiger partial charge on any atom is 0.326 e. The van der Waals surface area contributed by atoms with Crippen LogP contribution >= 0.6 is 11.8 Å². The molecular formula is C20H38N4O5S. The van der Waals surface area contributed by atoms with E-state index in [0.29, 0.717) is 19.3 Å². The van der Waals surface area contributed by atoms with Crippen LogP contribution in [0.3, 0.4) is 0 Å². The lowest BCUT2D eigenvalue weighted by atomic mass is 9.97. The van der Waals surface area contributed by atoms with Crippen molar-refractivity contribution < 1.29 is 24.3 Å². The number of carbonyl (C=O) groups is 4. The van der Waals surface area contributed by atoms with Crippen molar-refractivity contribution in [3.8, 4) is 0 Å². The van der Waals surface area contributed by atoms with Gasteiger partial charge in [0.25, 0.3) is 0 Å². The maximum atomic E-state index is 12.8. The highest BCUT2D eigenvalue weighted by Gasteiger charge is 2.31. The Bertz CT molecular complexity index is 590. The third-order valence-electron chi connectivity index (χ3n) is 5.29. The molecule has 9 nitrogen and oxygen atoms in total. The Hall–Kier alpha value is -1.81. The molecule has 3 amide bonds. The smallest absolute Gasteiger partial charge is 0.326 e. The average Bonchev–Trinajstić information content (AvgIpc) is 2.71. The highest BCUT2D eigenvalue weighted by atomic mass is 32.2. The van der Waals surface area contributed by atoms with Crippen molar-refractivity contribution in [3.05, 3.63) is 0 Å². The van der Waals surface area contributed by atoms with E-state index in [1.54, 1.807) is 18.7 Å². The second kappa shape index (κ2) is 14.2. The fraction of sp³-hybridized carbons (Fsp3) is 0.800. The van der Waals surface area contributed by atoms with Crippen LogP contribution < -0.4 is 21.7 Å². The van der Waals surface area contributed by atoms with Crippen molar-refractivity contribution >= 4 is 35.5 Å². The molecule has 6 unspecified atom stereocenters. The first-order chi connectivity index (χ1) is 14.0. The quantitative estimate of drug-likeness (QED) is 0.264. The zero-order valence-electron chi connectivity index (χ0n) is 18.9. The normalized spacial score (nSPS) is 17.0. The summed E-state index contributed by atoms with van der Waals surface area (Å²) in [6.07, 6.45) is 3.63. The second-order valence-electron chi connectivity index (χ2n) is 7.70. The maximum absolute atomic E-state index is 12.8. The van der Waals surface area contributed by atoms with Crippen LogP contribution in [0.2, 0.25) is 0 Å². The first-order valence-corrected chi connectivity index (χ1v) is 11.8. The van der Waals surface area contributed by atoms with E-state index in [1.165, 1.54) is 6.92 Å². The number of thioether (sulfide) groups is 1. The summed E-state index contributed by atoms with van der Waals surface area (Å²) < 4.78 is 0. The van der Waals surface area contributed by atoms with Crippen LogP contribution in [0.1, 0.15) is 53.9 Å². The van der Waals surface area contributed by atoms with Crippen LogP contribution in [-0.4, -0.2) is 65.0 Å². The number of amides is 3. The number of aliphatic carboxylic acids is 1. The third kappa shape index (κ3) is 9.34. The van der Waals surface area contributed by atoms with Gasteiger partial charge in [0.15, 0.2) is 0 Å². The fourth-order valence-corrected chi connectivity index (χ4v) is 3.16. The van der Waals surface area contributed by atoms with Crippen molar-refractivity contribution in [1.82, 2.24) is 16.0 Å². The van der Waals surface area contributed by atoms with Gasteiger partial charge in [-0.15, -0.1) is 0 Å². The van der Waals surface area contributed by atoms with E-state index in [9.17, 15) is 24.3 Å². The molecule has 0 aliphatic rings. The molecule has 0 aromatic rings. The number of hydrogen-bond acceptors (Lipinski definition) is 6. The number of nitrogens with two attached hydrogens (primary N) is 1. The van der Waals surface area contributed by atoms with Crippen molar-refractivity contribution in [3.63, 3.8) is 0 Å². The van der Waals surface area contributed by atoms with Gasteiger partial charge in [-0.2, -0.15) is 11.8 Å². The van der Waals surface area contributed by atoms with E-state index in [1.807, 2.05) is 27.0 Å². The summed E-state index contributed by atoms with van der Waals surface area (Å²) in [6, 6.07) is -3.56. The molecule has 6 N–H and O–H groups in total. The summed E-state index contributed by atoms with van der Waals surface area (Å²) in [5.41, 5.74) is 5.89. The lowest BCUT2D eigenvalue weighted by Crippen LogP contribution is -2.58. The number of carboxylic acid groups (broad SMARTS) is 1. The van der Waals surface area contributed by atoms with Gasteiger partial charge in [0.1, 0.15) is 18.1 Å². The molecule has 0 bridgehead atoms. The number of hydrogen-bond donors (Lipinski definition) is 5. The van der Waals surface area contributed by atoms with Crippen molar-refractivity contribution in [1.29, 1.82) is 0 Å². The van der Waals surface area contributed by atoms with E-state index in [0.717, 1.165) is 5.75 Å². The summed E-state index contributed by atoms with van der Waals surface area (Å²) in [6.45, 7) is 8.76. The Kier molecular flexibility index (Phi) is 13.4. The number of carboxylic acids is 1. The van der Waals surface area contributed by atoms with Crippen LogP contribution in [0.15, 0.2) is 0 Å². The Morgan fingerprint density at radius 1 is 0.867 bits per heavy atom. The lowest BCUT2D eigenvalue weighted by molar-refractivity contribution is -0.143. The number of nitrogens with one attached hydrogen (secondary N) is 3. The number of carbonyl (C=O) groups excluding carboxylic acids is 3. The minimum absolute atomic E-state index is 0.177. The standard InChI is InChI=1S/C20H38N4O5S/c1-7-11(3)15(23-18(26)14(21)9-10-30-6)19(27)22-13(5)17(25)24-16(20(28)29)12(4)8-2/h11-16H,7-10,21H2,1-6H3,(H,22,27)(H,23,26)(H,24,25)(H,28,29). The first-order valence-electron chi connectivity index (χ1n) is 10.4. The summed E-state index contributed by atoms with van der Waals surface area (Å²) in [5, 5.41) is 17.1. The van der Waals surface area contributed by atoms with Crippen molar-refractivity contribution in [2.75, 3.05) is 12.0 Å². The largest absolute Gasteiger partial charge is 0.480 e. The minimum atomic E-state index is -1.12. The van der Waals surface area contributed by atoms with Gasteiger partial charge in [-0.05, 0) is 37.2 Å². The van der Waals surface area contributed by atoms with Crippen LogP contribution in [-0.2, 0) is 19.2 Å². The molecule has 30 heavy (non-hydrogen) atoms. The molecule has 0 aromatic carbocycles. The number of rotatable bonds is 14. The Morgan fingerprint density at radius 2 is 1.37 bits per heavy atom. The Morgan fingerprint density at radius 3 is 1.83 bits per heavy atom. The summed E-state index contributed by atoms with van der Waals surface area (Å²) in [4.78, 5) is 49.0. The zero-order chi connectivity index (χ0) is 23.4. The van der Waals surface area contributed by atoms with Gasteiger partial charge < -0.3 is 26.8 Å². The molecule has 10 heteroatoms. The van der Waals surface area contributed by atoms with E-state index >= 15 is 0 Å². The molecule has 0 saturated carbocycles. The van der Waals surface area contributed by atoms with E-state index in [2.05, 4.69) is 16.0 Å². The van der Waals surface area contributed by atoms with Crippen LogP contribution in [0.4, 0.5) is 0 Å². The zero-order valence-corrected chi connectivity index (χ0v) is 19.7.